The molecule has 0 bridgehead atoms. The van der Waals surface area contributed by atoms with Crippen molar-refractivity contribution in [3.8, 4) is 11.8 Å². The van der Waals surface area contributed by atoms with Gasteiger partial charge in [-0.25, -0.2) is 4.39 Å². The first-order chi connectivity index (χ1) is 7.63. The Bertz CT molecular complexity index is 446. The van der Waals surface area contributed by atoms with E-state index in [1.807, 2.05) is 0 Å². The van der Waals surface area contributed by atoms with Gasteiger partial charge in [0.2, 0.25) is 5.91 Å². The van der Waals surface area contributed by atoms with Gasteiger partial charge in [-0.1, -0.05) is 17.9 Å². The second-order valence-electron chi connectivity index (χ2n) is 3.22. The average molecular weight is 220 g/mol. The molecule has 0 atom stereocenters. The van der Waals surface area contributed by atoms with Gasteiger partial charge in [-0.05, 0) is 17.7 Å². The molecule has 1 aromatic rings. The second kappa shape index (κ2) is 5.89. The van der Waals surface area contributed by atoms with Crippen LogP contribution in [0, 0.1) is 17.7 Å². The maximum absolute atomic E-state index is 12.9. The van der Waals surface area contributed by atoms with Gasteiger partial charge in [0, 0.05) is 19.0 Å². The molecule has 0 aliphatic carbocycles. The van der Waals surface area contributed by atoms with E-state index in [1.54, 1.807) is 6.07 Å². The maximum Gasteiger partial charge on any atom is 0.217 e. The van der Waals surface area contributed by atoms with Crippen molar-refractivity contribution < 1.29 is 9.18 Å². The van der Waals surface area contributed by atoms with E-state index in [0.717, 1.165) is 5.56 Å². The number of nitrogens with one attached hydrogen (secondary N) is 1. The first-order valence-electron chi connectivity index (χ1n) is 4.85. The van der Waals surface area contributed by atoms with Crippen molar-refractivity contribution in [2.75, 3.05) is 6.54 Å². The van der Waals surface area contributed by atoms with E-state index in [1.165, 1.54) is 19.1 Å². The van der Waals surface area contributed by atoms with Gasteiger partial charge < -0.3 is 11.1 Å². The summed E-state index contributed by atoms with van der Waals surface area (Å²) in [5, 5.41) is 2.53. The fourth-order valence-electron chi connectivity index (χ4n) is 1.15. The van der Waals surface area contributed by atoms with Crippen molar-refractivity contribution in [2.45, 2.75) is 13.5 Å². The zero-order valence-electron chi connectivity index (χ0n) is 9.01. The van der Waals surface area contributed by atoms with Crippen LogP contribution in [-0.4, -0.2) is 12.5 Å². The number of hydrogen-bond acceptors (Lipinski definition) is 2. The first-order valence-corrected chi connectivity index (χ1v) is 4.85. The van der Waals surface area contributed by atoms with Gasteiger partial charge in [0.25, 0.3) is 0 Å². The molecule has 1 aromatic carbocycles. The molecule has 0 unspecified atom stereocenters. The van der Waals surface area contributed by atoms with Crippen molar-refractivity contribution in [3.05, 3.63) is 35.1 Å². The van der Waals surface area contributed by atoms with Gasteiger partial charge in [-0.2, -0.15) is 0 Å². The number of carbonyl (C=O) groups excluding carboxylic acids is 1. The molecule has 0 aromatic heterocycles. The smallest absolute Gasteiger partial charge is 0.217 e. The number of halogens is 1. The molecule has 0 radical (unpaired) electrons. The van der Waals surface area contributed by atoms with Crippen LogP contribution in [0.15, 0.2) is 18.2 Å². The Morgan fingerprint density at radius 3 is 2.94 bits per heavy atom. The quantitative estimate of drug-likeness (QED) is 0.723. The lowest BCUT2D eigenvalue weighted by Crippen LogP contribution is -2.19. The van der Waals surface area contributed by atoms with E-state index in [9.17, 15) is 9.18 Å². The molecule has 3 N–H and O–H groups in total. The summed E-state index contributed by atoms with van der Waals surface area (Å²) in [4.78, 5) is 10.6. The van der Waals surface area contributed by atoms with Crippen LogP contribution in [0.2, 0.25) is 0 Å². The number of benzene rings is 1. The van der Waals surface area contributed by atoms with Gasteiger partial charge >= 0.3 is 0 Å². The van der Waals surface area contributed by atoms with Crippen LogP contribution in [0.25, 0.3) is 0 Å². The van der Waals surface area contributed by atoms with Gasteiger partial charge in [0.1, 0.15) is 5.82 Å². The third kappa shape index (κ3) is 3.71. The molecule has 0 heterocycles. The lowest BCUT2D eigenvalue weighted by Gasteiger charge is -2.00. The summed E-state index contributed by atoms with van der Waals surface area (Å²) in [6, 6.07) is 4.29. The number of hydrogen-bond donors (Lipinski definition) is 2. The highest BCUT2D eigenvalue weighted by Gasteiger charge is 1.99. The van der Waals surface area contributed by atoms with E-state index >= 15 is 0 Å². The fraction of sp³-hybridized carbons (Fsp3) is 0.250. The number of nitrogens with two attached hydrogens (primary N) is 1. The predicted octanol–water partition coefficient (Wildman–Crippen LogP) is 0.772. The van der Waals surface area contributed by atoms with E-state index < -0.39 is 0 Å². The standard InChI is InChI=1S/C12H13FN2O/c1-9(16)15-6-2-3-10-7-12(13)5-4-11(10)8-14/h4-5,7H,6,8,14H2,1H3,(H,15,16). The lowest BCUT2D eigenvalue weighted by atomic mass is 10.1. The van der Waals surface area contributed by atoms with E-state index in [0.29, 0.717) is 12.1 Å². The molecule has 0 fully saturated rings. The highest BCUT2D eigenvalue weighted by atomic mass is 19.1. The average Bonchev–Trinajstić information content (AvgIpc) is 2.24. The van der Waals surface area contributed by atoms with Crippen LogP contribution < -0.4 is 11.1 Å². The minimum absolute atomic E-state index is 0.146. The van der Waals surface area contributed by atoms with Crippen LogP contribution in [-0.2, 0) is 11.3 Å². The van der Waals surface area contributed by atoms with Crippen molar-refractivity contribution in [1.82, 2.24) is 5.32 Å². The predicted molar refractivity (Wildman–Crippen MR) is 59.9 cm³/mol. The highest BCUT2D eigenvalue weighted by Crippen LogP contribution is 2.09. The Kier molecular flexibility index (Phi) is 4.49. The van der Waals surface area contributed by atoms with Crippen LogP contribution in [0.1, 0.15) is 18.1 Å². The van der Waals surface area contributed by atoms with Crippen molar-refractivity contribution in [2.24, 2.45) is 5.73 Å². The number of carbonyl (C=O) groups is 1. The monoisotopic (exact) mass is 220 g/mol. The third-order valence-corrected chi connectivity index (χ3v) is 1.94. The van der Waals surface area contributed by atoms with E-state index in [4.69, 9.17) is 5.73 Å². The van der Waals surface area contributed by atoms with E-state index in [-0.39, 0.29) is 18.3 Å². The minimum atomic E-state index is -0.346. The molecule has 0 saturated carbocycles. The SMILES string of the molecule is CC(=O)NCC#Cc1cc(F)ccc1CN. The largest absolute Gasteiger partial charge is 0.345 e. The molecule has 1 amide bonds. The van der Waals surface area contributed by atoms with Gasteiger partial charge in [0.15, 0.2) is 0 Å². The fourth-order valence-corrected chi connectivity index (χ4v) is 1.15. The Morgan fingerprint density at radius 1 is 1.56 bits per heavy atom. The third-order valence-electron chi connectivity index (χ3n) is 1.94. The van der Waals surface area contributed by atoms with Crippen LogP contribution in [0.5, 0.6) is 0 Å². The van der Waals surface area contributed by atoms with Crippen molar-refractivity contribution in [3.63, 3.8) is 0 Å². The van der Waals surface area contributed by atoms with Crippen LogP contribution in [0.3, 0.4) is 0 Å². The number of amides is 1. The molecule has 0 spiro atoms. The second-order valence-corrected chi connectivity index (χ2v) is 3.22. The topological polar surface area (TPSA) is 55.1 Å². The van der Waals surface area contributed by atoms with Crippen LogP contribution >= 0.6 is 0 Å². The van der Waals surface area contributed by atoms with Gasteiger partial charge in [-0.3, -0.25) is 4.79 Å². The maximum atomic E-state index is 12.9. The first kappa shape index (κ1) is 12.2. The summed E-state index contributed by atoms with van der Waals surface area (Å²) in [6.07, 6.45) is 0. The summed E-state index contributed by atoms with van der Waals surface area (Å²) >= 11 is 0. The molecule has 0 aliphatic rings. The molecular formula is C12H13FN2O. The summed E-state index contributed by atoms with van der Waals surface area (Å²) < 4.78 is 12.9. The molecule has 1 rings (SSSR count). The zero-order chi connectivity index (χ0) is 12.0. The Hall–Kier alpha value is -1.86. The zero-order valence-corrected chi connectivity index (χ0v) is 9.01. The minimum Gasteiger partial charge on any atom is -0.345 e. The molecule has 4 heteroatoms. The summed E-state index contributed by atoms with van der Waals surface area (Å²) in [5.74, 6) is 5.01. The molecular weight excluding hydrogens is 207 g/mol. The molecule has 3 nitrogen and oxygen atoms in total. The lowest BCUT2D eigenvalue weighted by molar-refractivity contribution is -0.118. The van der Waals surface area contributed by atoms with Crippen LogP contribution in [0.4, 0.5) is 4.39 Å². The van der Waals surface area contributed by atoms with Gasteiger partial charge in [0.05, 0.1) is 6.54 Å². The Labute approximate surface area is 93.8 Å². The molecule has 0 saturated heterocycles. The molecule has 84 valence electrons. The van der Waals surface area contributed by atoms with Crippen molar-refractivity contribution >= 4 is 5.91 Å². The summed E-state index contributed by atoms with van der Waals surface area (Å²) in [7, 11) is 0. The Balaban J connectivity index is 2.78. The normalized spacial score (nSPS) is 9.19. The van der Waals surface area contributed by atoms with Gasteiger partial charge in [-0.15, -0.1) is 0 Å². The highest BCUT2D eigenvalue weighted by molar-refractivity contribution is 5.73. The summed E-state index contributed by atoms with van der Waals surface area (Å²) in [5.41, 5.74) is 6.84. The van der Waals surface area contributed by atoms with Crippen molar-refractivity contribution in [1.29, 1.82) is 0 Å². The molecule has 16 heavy (non-hydrogen) atoms. The summed E-state index contributed by atoms with van der Waals surface area (Å²) in [6.45, 7) is 1.97. The Morgan fingerprint density at radius 2 is 2.31 bits per heavy atom. The van der Waals surface area contributed by atoms with E-state index in [2.05, 4.69) is 17.2 Å². The number of rotatable bonds is 2. The molecule has 0 aliphatic heterocycles.